The van der Waals surface area contributed by atoms with Crippen molar-refractivity contribution in [1.29, 1.82) is 0 Å². The second-order valence-electron chi connectivity index (χ2n) is 5.64. The molecule has 7 heteroatoms. The summed E-state index contributed by atoms with van der Waals surface area (Å²) >= 11 is 0. The minimum Gasteiger partial charge on any atom is -0.481 e. The van der Waals surface area contributed by atoms with Crippen molar-refractivity contribution in [3.8, 4) is 0 Å². The summed E-state index contributed by atoms with van der Waals surface area (Å²) < 4.78 is 0. The van der Waals surface area contributed by atoms with Gasteiger partial charge in [-0.05, 0) is 26.7 Å². The van der Waals surface area contributed by atoms with Crippen LogP contribution in [0.2, 0.25) is 0 Å². The summed E-state index contributed by atoms with van der Waals surface area (Å²) in [6.07, 6.45) is 2.65. The van der Waals surface area contributed by atoms with Crippen LogP contribution in [-0.2, 0) is 4.79 Å². The van der Waals surface area contributed by atoms with Crippen molar-refractivity contribution in [2.24, 2.45) is 5.41 Å². The van der Waals surface area contributed by atoms with E-state index >= 15 is 0 Å². The van der Waals surface area contributed by atoms with Gasteiger partial charge in [0.25, 0.3) is 0 Å². The van der Waals surface area contributed by atoms with Crippen molar-refractivity contribution in [2.45, 2.75) is 40.0 Å². The highest BCUT2D eigenvalue weighted by atomic mass is 16.4. The molecule has 0 spiro atoms. The molecule has 0 unspecified atom stereocenters. The van der Waals surface area contributed by atoms with E-state index in [0.29, 0.717) is 24.6 Å². The quantitative estimate of drug-likeness (QED) is 0.516. The fraction of sp³-hybridized carbons (Fsp3) is 0.643. The van der Waals surface area contributed by atoms with Crippen LogP contribution in [0.1, 0.15) is 40.0 Å². The van der Waals surface area contributed by atoms with E-state index in [0.717, 1.165) is 19.4 Å². The normalized spacial score (nSPS) is 11.2. The Bertz CT molecular complexity index is 476. The molecule has 0 fully saturated rings. The second-order valence-corrected chi connectivity index (χ2v) is 5.64. The van der Waals surface area contributed by atoms with Gasteiger partial charge in [0.1, 0.15) is 11.6 Å². The van der Waals surface area contributed by atoms with Gasteiger partial charge in [0.2, 0.25) is 5.95 Å². The number of unbranched alkanes of at least 4 members (excludes halogenated alkanes) is 1. The maximum absolute atomic E-state index is 11.0. The first-order valence-electron chi connectivity index (χ1n) is 7.21. The van der Waals surface area contributed by atoms with Crippen molar-refractivity contribution in [2.75, 3.05) is 29.5 Å². The number of hydrogen-bond donors (Lipinski definition) is 4. The number of carboxylic acid groups (broad SMARTS) is 1. The smallest absolute Gasteiger partial charge is 0.309 e. The third-order valence-electron chi connectivity index (χ3n) is 3.21. The Kier molecular flexibility index (Phi) is 6.20. The summed E-state index contributed by atoms with van der Waals surface area (Å²) in [5, 5.41) is 15.3. The third-order valence-corrected chi connectivity index (χ3v) is 3.21. The Labute approximate surface area is 125 Å². The zero-order valence-corrected chi connectivity index (χ0v) is 12.9. The Hall–Kier alpha value is -2.05. The van der Waals surface area contributed by atoms with Crippen molar-refractivity contribution >= 4 is 23.6 Å². The summed E-state index contributed by atoms with van der Waals surface area (Å²) in [6.45, 7) is 6.85. The number of nitrogen functional groups attached to an aromatic ring is 1. The topological polar surface area (TPSA) is 113 Å². The van der Waals surface area contributed by atoms with Crippen LogP contribution in [0.3, 0.4) is 0 Å². The monoisotopic (exact) mass is 295 g/mol. The van der Waals surface area contributed by atoms with Crippen LogP contribution in [0, 0.1) is 5.41 Å². The summed E-state index contributed by atoms with van der Waals surface area (Å²) in [5.41, 5.74) is 4.90. The number of hydrogen-bond acceptors (Lipinski definition) is 6. The highest BCUT2D eigenvalue weighted by Crippen LogP contribution is 2.20. The van der Waals surface area contributed by atoms with Crippen LogP contribution in [0.25, 0.3) is 0 Å². The van der Waals surface area contributed by atoms with E-state index in [4.69, 9.17) is 10.8 Å². The second kappa shape index (κ2) is 7.66. The number of aromatic nitrogens is 2. The molecule has 0 saturated carbocycles. The van der Waals surface area contributed by atoms with Gasteiger partial charge < -0.3 is 21.5 Å². The molecule has 0 aliphatic carbocycles. The average Bonchev–Trinajstić information content (AvgIpc) is 2.38. The molecule has 0 saturated heterocycles. The predicted molar refractivity (Wildman–Crippen MR) is 84.4 cm³/mol. The lowest BCUT2D eigenvalue weighted by Crippen LogP contribution is -2.26. The summed E-state index contributed by atoms with van der Waals surface area (Å²) in [6, 6.07) is 1.78. The van der Waals surface area contributed by atoms with E-state index < -0.39 is 11.4 Å². The molecule has 0 aliphatic heterocycles. The van der Waals surface area contributed by atoms with Crippen LogP contribution >= 0.6 is 0 Å². The molecule has 0 bridgehead atoms. The van der Waals surface area contributed by atoms with Gasteiger partial charge >= 0.3 is 5.97 Å². The van der Waals surface area contributed by atoms with E-state index in [-0.39, 0.29) is 5.95 Å². The number of carbonyl (C=O) groups is 1. The summed E-state index contributed by atoms with van der Waals surface area (Å²) in [4.78, 5) is 19.2. The van der Waals surface area contributed by atoms with Crippen LogP contribution in [0.4, 0.5) is 17.6 Å². The first-order valence-corrected chi connectivity index (χ1v) is 7.21. The molecule has 1 heterocycles. The van der Waals surface area contributed by atoms with Crippen LogP contribution in [0.15, 0.2) is 6.07 Å². The first-order chi connectivity index (χ1) is 9.85. The molecule has 1 rings (SSSR count). The number of nitrogens with zero attached hydrogens (tertiary/aromatic N) is 2. The highest BCUT2D eigenvalue weighted by molar-refractivity contribution is 5.73. The molecular weight excluding hydrogens is 270 g/mol. The van der Waals surface area contributed by atoms with E-state index in [1.165, 1.54) is 0 Å². The molecule has 5 N–H and O–H groups in total. The Morgan fingerprint density at radius 1 is 1.29 bits per heavy atom. The number of anilines is 3. The van der Waals surface area contributed by atoms with Crippen molar-refractivity contribution in [1.82, 2.24) is 9.97 Å². The van der Waals surface area contributed by atoms with Crippen LogP contribution in [-0.4, -0.2) is 34.1 Å². The van der Waals surface area contributed by atoms with Gasteiger partial charge in [-0.15, -0.1) is 0 Å². The number of aliphatic carboxylic acids is 1. The van der Waals surface area contributed by atoms with Gasteiger partial charge in [-0.1, -0.05) is 13.3 Å². The fourth-order valence-corrected chi connectivity index (χ4v) is 1.65. The standard InChI is InChI=1S/C14H25N5O2/c1-4-5-7-16-10-9-11(19-13(15)18-10)17-8-6-14(2,3)12(20)21/h9H,4-8H2,1-3H3,(H,20,21)(H4,15,16,17,18,19). The average molecular weight is 295 g/mol. The fourth-order valence-electron chi connectivity index (χ4n) is 1.65. The van der Waals surface area contributed by atoms with Crippen molar-refractivity contribution in [3.05, 3.63) is 6.07 Å². The minimum atomic E-state index is -0.812. The van der Waals surface area contributed by atoms with E-state index in [2.05, 4.69) is 27.5 Å². The molecule has 0 aromatic carbocycles. The zero-order valence-electron chi connectivity index (χ0n) is 12.9. The first kappa shape index (κ1) is 17.0. The largest absolute Gasteiger partial charge is 0.481 e. The Morgan fingerprint density at radius 3 is 2.38 bits per heavy atom. The minimum absolute atomic E-state index is 0.191. The molecule has 1 aromatic rings. The summed E-state index contributed by atoms with van der Waals surface area (Å²) in [7, 11) is 0. The number of nitrogens with one attached hydrogen (secondary N) is 2. The van der Waals surface area contributed by atoms with Crippen LogP contribution in [0.5, 0.6) is 0 Å². The van der Waals surface area contributed by atoms with Crippen molar-refractivity contribution in [3.63, 3.8) is 0 Å². The number of rotatable bonds is 9. The highest BCUT2D eigenvalue weighted by Gasteiger charge is 2.26. The SMILES string of the molecule is CCCCNc1cc(NCCC(C)(C)C(=O)O)nc(N)n1. The Balaban J connectivity index is 2.57. The molecular formula is C14H25N5O2. The van der Waals surface area contributed by atoms with Gasteiger partial charge in [0.05, 0.1) is 5.41 Å². The zero-order chi connectivity index (χ0) is 15.9. The summed E-state index contributed by atoms with van der Waals surface area (Å²) in [5.74, 6) is 0.656. The number of carboxylic acids is 1. The third kappa shape index (κ3) is 5.85. The molecule has 0 amide bonds. The van der Waals surface area contributed by atoms with Gasteiger partial charge in [-0.25, -0.2) is 0 Å². The van der Waals surface area contributed by atoms with E-state index in [1.54, 1.807) is 19.9 Å². The van der Waals surface area contributed by atoms with E-state index in [9.17, 15) is 4.79 Å². The molecule has 0 atom stereocenters. The van der Waals surface area contributed by atoms with Gasteiger partial charge in [0.15, 0.2) is 0 Å². The van der Waals surface area contributed by atoms with Gasteiger partial charge in [-0.3, -0.25) is 4.79 Å². The molecule has 0 radical (unpaired) electrons. The van der Waals surface area contributed by atoms with Gasteiger partial charge in [0, 0.05) is 19.2 Å². The maximum Gasteiger partial charge on any atom is 0.309 e. The maximum atomic E-state index is 11.0. The Morgan fingerprint density at radius 2 is 1.86 bits per heavy atom. The lowest BCUT2D eigenvalue weighted by atomic mass is 9.90. The van der Waals surface area contributed by atoms with Crippen LogP contribution < -0.4 is 16.4 Å². The molecule has 21 heavy (non-hydrogen) atoms. The molecule has 1 aromatic heterocycles. The molecule has 0 aliphatic rings. The predicted octanol–water partition coefficient (Wildman–Crippen LogP) is 2.18. The van der Waals surface area contributed by atoms with Gasteiger partial charge in [-0.2, -0.15) is 9.97 Å². The lowest BCUT2D eigenvalue weighted by Gasteiger charge is -2.19. The number of nitrogens with two attached hydrogens (primary N) is 1. The molecule has 7 nitrogen and oxygen atoms in total. The lowest BCUT2D eigenvalue weighted by molar-refractivity contribution is -0.147. The van der Waals surface area contributed by atoms with E-state index in [1.807, 2.05) is 0 Å². The molecule has 118 valence electrons. The van der Waals surface area contributed by atoms with Crippen molar-refractivity contribution < 1.29 is 9.90 Å².